The van der Waals surface area contributed by atoms with Crippen LogP contribution in [0.2, 0.25) is 0 Å². The summed E-state index contributed by atoms with van der Waals surface area (Å²) in [5, 5.41) is 7.00. The predicted molar refractivity (Wildman–Crippen MR) is 139 cm³/mol. The minimum atomic E-state index is -0.192. The van der Waals surface area contributed by atoms with Crippen LogP contribution in [0.4, 0.5) is 11.4 Å². The van der Waals surface area contributed by atoms with Gasteiger partial charge in [-0.15, -0.1) is 0 Å². The van der Waals surface area contributed by atoms with Gasteiger partial charge in [0.25, 0.3) is 0 Å². The number of pyridine rings is 1. The van der Waals surface area contributed by atoms with Gasteiger partial charge < -0.3 is 24.8 Å². The molecule has 1 aromatic carbocycles. The molecule has 1 aliphatic rings. The van der Waals surface area contributed by atoms with Crippen LogP contribution in [0.15, 0.2) is 54.7 Å². The van der Waals surface area contributed by atoms with Gasteiger partial charge in [-0.25, -0.2) is 0 Å². The van der Waals surface area contributed by atoms with E-state index in [1.807, 2.05) is 48.7 Å². The van der Waals surface area contributed by atoms with Gasteiger partial charge >= 0.3 is 0 Å². The highest BCUT2D eigenvalue weighted by molar-refractivity contribution is 7.80. The highest BCUT2D eigenvalue weighted by Gasteiger charge is 2.42. The van der Waals surface area contributed by atoms with Crippen LogP contribution in [0, 0.1) is 13.8 Å². The number of hydrogen-bond acceptors (Lipinski definition) is 4. The van der Waals surface area contributed by atoms with Gasteiger partial charge in [0, 0.05) is 42.1 Å². The normalized spacial score (nSPS) is 17.8. The van der Waals surface area contributed by atoms with Crippen LogP contribution < -0.4 is 15.5 Å². The van der Waals surface area contributed by atoms with Gasteiger partial charge in [-0.1, -0.05) is 6.07 Å². The number of anilines is 2. The maximum atomic E-state index is 11.9. The number of methoxy groups -OCH3 is 1. The summed E-state index contributed by atoms with van der Waals surface area (Å²) in [6.45, 7) is 8.74. The second-order valence-electron chi connectivity index (χ2n) is 8.81. The molecular weight excluding hydrogens is 446 g/mol. The average molecular weight is 478 g/mol. The van der Waals surface area contributed by atoms with Crippen LogP contribution in [0.5, 0.6) is 0 Å². The summed E-state index contributed by atoms with van der Waals surface area (Å²) in [5.74, 6) is -0.192. The van der Waals surface area contributed by atoms with Gasteiger partial charge in [0.1, 0.15) is 6.61 Å². The van der Waals surface area contributed by atoms with Crippen LogP contribution >= 0.6 is 12.2 Å². The molecule has 1 aliphatic heterocycles. The molecule has 1 saturated heterocycles. The van der Waals surface area contributed by atoms with Crippen molar-refractivity contribution < 1.29 is 9.53 Å². The van der Waals surface area contributed by atoms with E-state index in [0.717, 1.165) is 11.4 Å². The highest BCUT2D eigenvalue weighted by Crippen LogP contribution is 2.43. The fraction of sp³-hybridized carbons (Fsp3) is 0.346. The molecule has 0 bridgehead atoms. The lowest BCUT2D eigenvalue weighted by Crippen LogP contribution is -2.29. The highest BCUT2D eigenvalue weighted by atomic mass is 32.1. The van der Waals surface area contributed by atoms with Crippen molar-refractivity contribution in [1.82, 2.24) is 14.9 Å². The third-order valence-corrected chi connectivity index (χ3v) is 6.48. The van der Waals surface area contributed by atoms with Crippen molar-refractivity contribution in [3.63, 3.8) is 0 Å². The van der Waals surface area contributed by atoms with Gasteiger partial charge in [-0.05, 0) is 87.9 Å². The van der Waals surface area contributed by atoms with Crippen molar-refractivity contribution in [2.75, 3.05) is 23.9 Å². The van der Waals surface area contributed by atoms with E-state index in [4.69, 9.17) is 17.0 Å². The lowest BCUT2D eigenvalue weighted by molar-refractivity contribution is -0.119. The SMILES string of the molecule is COCC(=O)Nc1ccc(N2C(=S)NC(c3ccccn3)C2c2cc(C)n(C(C)C)c2C)cc1. The molecule has 2 aromatic heterocycles. The first-order valence-corrected chi connectivity index (χ1v) is 11.8. The Bertz CT molecular complexity index is 1170. The molecule has 2 atom stereocenters. The first-order valence-electron chi connectivity index (χ1n) is 11.4. The van der Waals surface area contributed by atoms with E-state index in [1.54, 1.807) is 0 Å². The largest absolute Gasteiger partial charge is 0.375 e. The number of carbonyl (C=O) groups excluding carboxylic acids is 1. The molecule has 0 spiro atoms. The number of aromatic nitrogens is 2. The molecule has 3 aromatic rings. The molecule has 3 heterocycles. The van der Waals surface area contributed by atoms with Crippen molar-refractivity contribution in [3.05, 3.63) is 77.4 Å². The van der Waals surface area contributed by atoms with Crippen molar-refractivity contribution in [1.29, 1.82) is 0 Å². The Hall–Kier alpha value is -3.23. The summed E-state index contributed by atoms with van der Waals surface area (Å²) in [4.78, 5) is 18.7. The zero-order chi connectivity index (χ0) is 24.4. The van der Waals surface area contributed by atoms with E-state index in [9.17, 15) is 4.79 Å². The van der Waals surface area contributed by atoms with E-state index in [1.165, 1.54) is 24.1 Å². The molecule has 0 aliphatic carbocycles. The molecule has 0 saturated carbocycles. The Labute approximate surface area is 206 Å². The van der Waals surface area contributed by atoms with Crippen molar-refractivity contribution in [2.45, 2.75) is 45.8 Å². The van der Waals surface area contributed by atoms with E-state index >= 15 is 0 Å². The van der Waals surface area contributed by atoms with Gasteiger partial charge in [0.15, 0.2) is 5.11 Å². The summed E-state index contributed by atoms with van der Waals surface area (Å²) in [6, 6.07) is 16.1. The molecule has 0 radical (unpaired) electrons. The van der Waals surface area contributed by atoms with Gasteiger partial charge in [-0.3, -0.25) is 9.78 Å². The van der Waals surface area contributed by atoms with Crippen molar-refractivity contribution in [2.24, 2.45) is 0 Å². The monoisotopic (exact) mass is 477 g/mol. The Morgan fingerprint density at radius 3 is 2.53 bits per heavy atom. The molecule has 178 valence electrons. The van der Waals surface area contributed by atoms with E-state index in [-0.39, 0.29) is 24.6 Å². The van der Waals surface area contributed by atoms with Crippen LogP contribution in [0.25, 0.3) is 0 Å². The number of thiocarbonyl (C=S) groups is 1. The molecule has 1 amide bonds. The number of hydrogen-bond donors (Lipinski definition) is 2. The van der Waals surface area contributed by atoms with Crippen LogP contribution in [0.3, 0.4) is 0 Å². The topological polar surface area (TPSA) is 71.4 Å². The minimum absolute atomic E-state index is 0.0151. The van der Waals surface area contributed by atoms with Gasteiger partial charge in [0.2, 0.25) is 5.91 Å². The fourth-order valence-corrected chi connectivity index (χ4v) is 5.23. The van der Waals surface area contributed by atoms with Crippen LogP contribution in [-0.2, 0) is 9.53 Å². The van der Waals surface area contributed by atoms with E-state index in [2.05, 4.69) is 58.8 Å². The molecular formula is C26H31N5O2S. The summed E-state index contributed by atoms with van der Waals surface area (Å²) >= 11 is 5.84. The first kappa shape index (κ1) is 23.9. The van der Waals surface area contributed by atoms with Gasteiger partial charge in [-0.2, -0.15) is 0 Å². The maximum Gasteiger partial charge on any atom is 0.250 e. The third kappa shape index (κ3) is 4.56. The summed E-state index contributed by atoms with van der Waals surface area (Å²) < 4.78 is 7.26. The minimum Gasteiger partial charge on any atom is -0.375 e. The molecule has 7 nitrogen and oxygen atoms in total. The average Bonchev–Trinajstić information content (AvgIpc) is 3.30. The Kier molecular flexibility index (Phi) is 7.00. The predicted octanol–water partition coefficient (Wildman–Crippen LogP) is 4.84. The molecule has 8 heteroatoms. The molecule has 4 rings (SSSR count). The first-order chi connectivity index (χ1) is 16.3. The second-order valence-corrected chi connectivity index (χ2v) is 9.20. The molecule has 2 N–H and O–H groups in total. The Balaban J connectivity index is 1.76. The summed E-state index contributed by atoms with van der Waals surface area (Å²) in [6.07, 6.45) is 1.81. The van der Waals surface area contributed by atoms with Gasteiger partial charge in [0.05, 0.1) is 17.8 Å². The number of amides is 1. The lowest BCUT2D eigenvalue weighted by Gasteiger charge is -2.28. The number of ether oxygens (including phenoxy) is 1. The standard InChI is InChI=1S/C26H31N5O2S/c1-16(2)30-17(3)14-21(18(30)4)25-24(22-8-6-7-13-27-22)29-26(34)31(25)20-11-9-19(10-12-20)28-23(32)15-33-5/h6-14,16,24-25H,15H2,1-5H3,(H,28,32)(H,29,34). The van der Waals surface area contributed by atoms with Crippen LogP contribution in [0.1, 0.15) is 54.6 Å². The number of nitrogens with one attached hydrogen (secondary N) is 2. The summed E-state index contributed by atoms with van der Waals surface area (Å²) in [7, 11) is 1.50. The van der Waals surface area contributed by atoms with Crippen molar-refractivity contribution in [3.8, 4) is 0 Å². The zero-order valence-corrected chi connectivity index (χ0v) is 21.0. The number of rotatable bonds is 7. The number of carbonyl (C=O) groups is 1. The maximum absolute atomic E-state index is 11.9. The number of nitrogens with zero attached hydrogens (tertiary/aromatic N) is 3. The van der Waals surface area contributed by atoms with E-state index in [0.29, 0.717) is 16.8 Å². The van der Waals surface area contributed by atoms with Crippen molar-refractivity contribution >= 4 is 34.6 Å². The van der Waals surface area contributed by atoms with E-state index < -0.39 is 0 Å². The Morgan fingerprint density at radius 2 is 1.94 bits per heavy atom. The van der Waals surface area contributed by atoms with Crippen LogP contribution in [-0.4, -0.2) is 34.3 Å². The molecule has 34 heavy (non-hydrogen) atoms. The number of aryl methyl sites for hydroxylation is 1. The molecule has 1 fully saturated rings. The third-order valence-electron chi connectivity index (χ3n) is 6.16. The summed E-state index contributed by atoms with van der Waals surface area (Å²) in [5.41, 5.74) is 6.25. The smallest absolute Gasteiger partial charge is 0.250 e. The molecule has 2 unspecified atom stereocenters. The Morgan fingerprint density at radius 1 is 1.21 bits per heavy atom. The quantitative estimate of drug-likeness (QED) is 0.475. The number of benzene rings is 1. The lowest BCUT2D eigenvalue weighted by atomic mass is 9.96. The zero-order valence-electron chi connectivity index (χ0n) is 20.2. The second kappa shape index (κ2) is 9.95. The fourth-order valence-electron chi connectivity index (χ4n) is 4.88.